The van der Waals surface area contributed by atoms with Crippen LogP contribution in [0.25, 0.3) is 0 Å². The van der Waals surface area contributed by atoms with Gasteiger partial charge in [0.1, 0.15) is 4.83 Å². The maximum atomic E-state index is 11.0. The lowest BCUT2D eigenvalue weighted by Gasteiger charge is -2.05. The first-order chi connectivity index (χ1) is 5.75. The molecule has 1 atom stereocenters. The molecule has 0 aliphatic carbocycles. The Morgan fingerprint density at radius 1 is 1.75 bits per heavy atom. The van der Waals surface area contributed by atoms with Gasteiger partial charge in [0.2, 0.25) is 0 Å². The van der Waals surface area contributed by atoms with E-state index >= 15 is 0 Å². The average Bonchev–Trinajstić information content (AvgIpc) is 2.17. The number of nitrogens with zero attached hydrogens (tertiary/aromatic N) is 1. The number of alkyl halides is 1. The molecular formula is C8H8BrNO2. The van der Waals surface area contributed by atoms with Crippen LogP contribution in [-0.4, -0.2) is 18.1 Å². The molecule has 3 nitrogen and oxygen atoms in total. The Bertz CT molecular complexity index is 263. The minimum atomic E-state index is -0.420. The fourth-order valence-electron chi connectivity index (χ4n) is 0.765. The Morgan fingerprint density at radius 2 is 2.50 bits per heavy atom. The number of rotatable bonds is 2. The molecule has 0 fully saturated rings. The van der Waals surface area contributed by atoms with Gasteiger partial charge in [-0.1, -0.05) is 22.0 Å². The first-order valence-corrected chi connectivity index (χ1v) is 4.29. The van der Waals surface area contributed by atoms with Gasteiger partial charge in [0.15, 0.2) is 0 Å². The highest BCUT2D eigenvalue weighted by Gasteiger charge is 2.16. The second kappa shape index (κ2) is 4.21. The van der Waals surface area contributed by atoms with Crippen molar-refractivity contribution in [3.63, 3.8) is 0 Å². The molecule has 4 heteroatoms. The number of aromatic nitrogens is 1. The van der Waals surface area contributed by atoms with Crippen molar-refractivity contribution < 1.29 is 9.53 Å². The van der Waals surface area contributed by atoms with Crippen molar-refractivity contribution in [2.24, 2.45) is 0 Å². The second-order valence-corrected chi connectivity index (χ2v) is 3.09. The van der Waals surface area contributed by atoms with Crippen molar-refractivity contribution in [2.75, 3.05) is 7.11 Å². The highest BCUT2D eigenvalue weighted by molar-refractivity contribution is 9.09. The van der Waals surface area contributed by atoms with Crippen LogP contribution in [0.1, 0.15) is 10.4 Å². The number of carbonyl (C=O) groups is 1. The van der Waals surface area contributed by atoms with Crippen molar-refractivity contribution in [1.82, 2.24) is 4.98 Å². The number of methoxy groups -OCH3 is 1. The topological polar surface area (TPSA) is 39.2 Å². The Kier molecular flexibility index (Phi) is 3.22. The molecule has 1 aromatic heterocycles. The smallest absolute Gasteiger partial charge is 0.324 e. The predicted molar refractivity (Wildman–Crippen MR) is 47.9 cm³/mol. The van der Waals surface area contributed by atoms with Gasteiger partial charge in [0, 0.05) is 12.4 Å². The zero-order chi connectivity index (χ0) is 8.97. The molecule has 0 saturated carbocycles. The summed E-state index contributed by atoms with van der Waals surface area (Å²) in [6.07, 6.45) is 3.27. The minimum Gasteiger partial charge on any atom is -0.468 e. The van der Waals surface area contributed by atoms with Crippen LogP contribution in [0.3, 0.4) is 0 Å². The van der Waals surface area contributed by atoms with Crippen LogP contribution in [0.5, 0.6) is 0 Å². The van der Waals surface area contributed by atoms with Crippen LogP contribution < -0.4 is 0 Å². The summed E-state index contributed by atoms with van der Waals surface area (Å²) in [7, 11) is 1.35. The van der Waals surface area contributed by atoms with E-state index in [1.807, 2.05) is 6.07 Å². The Balaban J connectivity index is 2.78. The van der Waals surface area contributed by atoms with Gasteiger partial charge in [-0.3, -0.25) is 9.78 Å². The van der Waals surface area contributed by atoms with E-state index in [2.05, 4.69) is 25.7 Å². The molecule has 0 radical (unpaired) electrons. The van der Waals surface area contributed by atoms with Crippen molar-refractivity contribution >= 4 is 21.9 Å². The van der Waals surface area contributed by atoms with Gasteiger partial charge in [0.25, 0.3) is 0 Å². The van der Waals surface area contributed by atoms with E-state index < -0.39 is 4.83 Å². The maximum absolute atomic E-state index is 11.0. The number of pyridine rings is 1. The minimum absolute atomic E-state index is 0.317. The number of hydrogen-bond donors (Lipinski definition) is 0. The number of hydrogen-bond acceptors (Lipinski definition) is 3. The van der Waals surface area contributed by atoms with Crippen molar-refractivity contribution in [3.8, 4) is 0 Å². The molecule has 0 N–H and O–H groups in total. The zero-order valence-electron chi connectivity index (χ0n) is 6.53. The normalized spacial score (nSPS) is 12.2. The third-order valence-corrected chi connectivity index (χ3v) is 2.29. The van der Waals surface area contributed by atoms with Gasteiger partial charge in [-0.05, 0) is 11.6 Å². The predicted octanol–water partition coefficient (Wildman–Crippen LogP) is 1.69. The van der Waals surface area contributed by atoms with Gasteiger partial charge in [-0.15, -0.1) is 0 Å². The van der Waals surface area contributed by atoms with Crippen molar-refractivity contribution in [2.45, 2.75) is 4.83 Å². The molecule has 0 spiro atoms. The summed E-state index contributed by atoms with van der Waals surface area (Å²) in [6, 6.07) is 3.58. The van der Waals surface area contributed by atoms with E-state index in [-0.39, 0.29) is 5.97 Å². The fraction of sp³-hybridized carbons (Fsp3) is 0.250. The van der Waals surface area contributed by atoms with Crippen LogP contribution in [0, 0.1) is 0 Å². The molecule has 0 saturated heterocycles. The SMILES string of the molecule is COC(=O)C(Br)c1cccnc1. The molecule has 0 bridgehead atoms. The molecule has 0 aliphatic rings. The number of ether oxygens (including phenoxy) is 1. The van der Waals surface area contributed by atoms with Gasteiger partial charge < -0.3 is 4.74 Å². The van der Waals surface area contributed by atoms with E-state index in [1.54, 1.807) is 18.5 Å². The Labute approximate surface area is 78.9 Å². The first kappa shape index (κ1) is 9.19. The third kappa shape index (κ3) is 2.04. The molecule has 64 valence electrons. The van der Waals surface area contributed by atoms with E-state index in [4.69, 9.17) is 0 Å². The number of carbonyl (C=O) groups excluding carboxylic acids is 1. The van der Waals surface area contributed by atoms with Gasteiger partial charge in [0.05, 0.1) is 7.11 Å². The second-order valence-electron chi connectivity index (χ2n) is 2.17. The third-order valence-electron chi connectivity index (χ3n) is 1.39. The molecular weight excluding hydrogens is 222 g/mol. The quantitative estimate of drug-likeness (QED) is 0.573. The van der Waals surface area contributed by atoms with Crippen LogP contribution in [-0.2, 0) is 9.53 Å². The van der Waals surface area contributed by atoms with E-state index in [9.17, 15) is 4.79 Å². The number of esters is 1. The van der Waals surface area contributed by atoms with Crippen molar-refractivity contribution in [1.29, 1.82) is 0 Å². The highest BCUT2D eigenvalue weighted by Crippen LogP contribution is 2.22. The molecule has 12 heavy (non-hydrogen) atoms. The molecule has 1 heterocycles. The van der Waals surface area contributed by atoms with E-state index in [1.165, 1.54) is 7.11 Å². The monoisotopic (exact) mass is 229 g/mol. The lowest BCUT2D eigenvalue weighted by atomic mass is 10.2. The summed E-state index contributed by atoms with van der Waals surface area (Å²) in [5.74, 6) is -0.317. The molecule has 1 rings (SSSR count). The molecule has 1 aromatic rings. The van der Waals surface area contributed by atoms with Crippen LogP contribution in [0.15, 0.2) is 24.5 Å². The molecule has 0 aromatic carbocycles. The summed E-state index contributed by atoms with van der Waals surface area (Å²) >= 11 is 3.20. The lowest BCUT2D eigenvalue weighted by molar-refractivity contribution is -0.139. The van der Waals surface area contributed by atoms with Gasteiger partial charge in [-0.2, -0.15) is 0 Å². The number of halogens is 1. The molecule has 0 aliphatic heterocycles. The maximum Gasteiger partial charge on any atom is 0.324 e. The molecule has 0 amide bonds. The average molecular weight is 230 g/mol. The van der Waals surface area contributed by atoms with Gasteiger partial charge >= 0.3 is 5.97 Å². The fourth-order valence-corrected chi connectivity index (χ4v) is 1.22. The van der Waals surface area contributed by atoms with E-state index in [0.717, 1.165) is 5.56 Å². The summed E-state index contributed by atoms with van der Waals surface area (Å²) in [6.45, 7) is 0. The molecule has 1 unspecified atom stereocenters. The van der Waals surface area contributed by atoms with Crippen LogP contribution in [0.4, 0.5) is 0 Å². The Morgan fingerprint density at radius 3 is 3.00 bits per heavy atom. The summed E-state index contributed by atoms with van der Waals surface area (Å²) < 4.78 is 4.55. The van der Waals surface area contributed by atoms with Crippen molar-refractivity contribution in [3.05, 3.63) is 30.1 Å². The largest absolute Gasteiger partial charge is 0.468 e. The summed E-state index contributed by atoms with van der Waals surface area (Å²) in [4.78, 5) is 14.5. The van der Waals surface area contributed by atoms with E-state index in [0.29, 0.717) is 0 Å². The Hall–Kier alpha value is -0.900. The van der Waals surface area contributed by atoms with Crippen LogP contribution >= 0.6 is 15.9 Å². The summed E-state index contributed by atoms with van der Waals surface area (Å²) in [5, 5.41) is 0. The highest BCUT2D eigenvalue weighted by atomic mass is 79.9. The van der Waals surface area contributed by atoms with Crippen LogP contribution in [0.2, 0.25) is 0 Å². The first-order valence-electron chi connectivity index (χ1n) is 3.37. The lowest BCUT2D eigenvalue weighted by Crippen LogP contribution is -2.08. The van der Waals surface area contributed by atoms with Gasteiger partial charge in [-0.25, -0.2) is 0 Å². The zero-order valence-corrected chi connectivity index (χ0v) is 8.11. The standard InChI is InChI=1S/C8H8BrNO2/c1-12-8(11)7(9)6-3-2-4-10-5-6/h2-5,7H,1H3. The summed E-state index contributed by atoms with van der Waals surface area (Å²) in [5.41, 5.74) is 0.796.